The van der Waals surface area contributed by atoms with E-state index in [1.54, 1.807) is 4.90 Å². The molecule has 21 heavy (non-hydrogen) atoms. The molecule has 1 rings (SSSR count). The van der Waals surface area contributed by atoms with Crippen LogP contribution in [0.5, 0.6) is 0 Å². The highest BCUT2D eigenvalue weighted by atomic mass is 16.5. The molecule has 0 aromatic carbocycles. The molecule has 122 valence electrons. The van der Waals surface area contributed by atoms with Gasteiger partial charge in [-0.05, 0) is 12.8 Å². The number of amides is 1. The van der Waals surface area contributed by atoms with Gasteiger partial charge in [0.2, 0.25) is 5.91 Å². The molecule has 0 saturated carbocycles. The number of morpholine rings is 1. The molecule has 0 aromatic rings. The number of hydrogen-bond acceptors (Lipinski definition) is 4. The van der Waals surface area contributed by atoms with Gasteiger partial charge in [-0.2, -0.15) is 0 Å². The molecular weight excluding hydrogens is 272 g/mol. The molecule has 0 aliphatic carbocycles. The summed E-state index contributed by atoms with van der Waals surface area (Å²) in [6.45, 7) is 8.92. The molecule has 6 heteroatoms. The fourth-order valence-corrected chi connectivity index (χ4v) is 2.55. The van der Waals surface area contributed by atoms with Crippen molar-refractivity contribution in [2.24, 2.45) is 5.92 Å². The summed E-state index contributed by atoms with van der Waals surface area (Å²) in [7, 11) is 0. The van der Waals surface area contributed by atoms with Gasteiger partial charge in [-0.25, -0.2) is 0 Å². The zero-order valence-corrected chi connectivity index (χ0v) is 13.2. The highest BCUT2D eigenvalue weighted by Crippen LogP contribution is 2.12. The summed E-state index contributed by atoms with van der Waals surface area (Å²) in [6, 6.07) is 0. The van der Waals surface area contributed by atoms with Crippen LogP contribution in [0.2, 0.25) is 0 Å². The van der Waals surface area contributed by atoms with E-state index in [9.17, 15) is 9.59 Å². The standard InChI is InChI=1S/C15H28N2O4/c1-3-13(4-2)15(20)17(6-5-14(18)19)8-7-16-9-11-21-12-10-16/h13H,3-12H2,1-2H3,(H,18,19). The van der Waals surface area contributed by atoms with Crippen LogP contribution < -0.4 is 0 Å². The first-order valence-corrected chi connectivity index (χ1v) is 7.89. The van der Waals surface area contributed by atoms with Crippen LogP contribution in [-0.2, 0) is 14.3 Å². The van der Waals surface area contributed by atoms with Crippen LogP contribution in [0.3, 0.4) is 0 Å². The van der Waals surface area contributed by atoms with Crippen LogP contribution in [-0.4, -0.2) is 72.7 Å². The molecule has 6 nitrogen and oxygen atoms in total. The second-order valence-corrected chi connectivity index (χ2v) is 5.44. The Balaban J connectivity index is 2.53. The van der Waals surface area contributed by atoms with Crippen LogP contribution in [0.4, 0.5) is 0 Å². The van der Waals surface area contributed by atoms with E-state index in [1.807, 2.05) is 13.8 Å². The predicted octanol–water partition coefficient (Wildman–Crippen LogP) is 1.06. The van der Waals surface area contributed by atoms with Crippen molar-refractivity contribution in [2.75, 3.05) is 45.9 Å². The van der Waals surface area contributed by atoms with Crippen molar-refractivity contribution in [1.82, 2.24) is 9.80 Å². The zero-order chi connectivity index (χ0) is 15.7. The molecule has 1 aliphatic heterocycles. The van der Waals surface area contributed by atoms with Crippen LogP contribution in [0.25, 0.3) is 0 Å². The monoisotopic (exact) mass is 300 g/mol. The molecule has 0 radical (unpaired) electrons. The minimum Gasteiger partial charge on any atom is -0.481 e. The lowest BCUT2D eigenvalue weighted by molar-refractivity contribution is -0.140. The molecule has 1 fully saturated rings. The largest absolute Gasteiger partial charge is 0.481 e. The second kappa shape index (κ2) is 9.73. The van der Waals surface area contributed by atoms with Gasteiger partial charge < -0.3 is 14.7 Å². The average molecular weight is 300 g/mol. The summed E-state index contributed by atoms with van der Waals surface area (Å²) >= 11 is 0. The minimum atomic E-state index is -0.858. The van der Waals surface area contributed by atoms with Crippen molar-refractivity contribution in [3.63, 3.8) is 0 Å². The Morgan fingerprint density at radius 1 is 1.19 bits per heavy atom. The number of ether oxygens (including phenoxy) is 1. The predicted molar refractivity (Wildman–Crippen MR) is 80.2 cm³/mol. The van der Waals surface area contributed by atoms with Gasteiger partial charge in [-0.15, -0.1) is 0 Å². The number of rotatable bonds is 9. The lowest BCUT2D eigenvalue weighted by atomic mass is 10.0. The molecule has 1 aliphatic rings. The Hall–Kier alpha value is -1.14. The van der Waals surface area contributed by atoms with E-state index in [-0.39, 0.29) is 18.2 Å². The quantitative estimate of drug-likeness (QED) is 0.689. The normalized spacial score (nSPS) is 16.1. The van der Waals surface area contributed by atoms with E-state index >= 15 is 0 Å². The summed E-state index contributed by atoms with van der Waals surface area (Å²) < 4.78 is 5.31. The maximum Gasteiger partial charge on any atom is 0.305 e. The minimum absolute atomic E-state index is 0.00323. The maximum absolute atomic E-state index is 12.5. The Labute approximate surface area is 127 Å². The van der Waals surface area contributed by atoms with Crippen LogP contribution in [0.1, 0.15) is 33.1 Å². The molecule has 0 spiro atoms. The van der Waals surface area contributed by atoms with E-state index in [0.717, 1.165) is 45.7 Å². The van der Waals surface area contributed by atoms with E-state index < -0.39 is 5.97 Å². The van der Waals surface area contributed by atoms with Gasteiger partial charge in [0.1, 0.15) is 0 Å². The smallest absolute Gasteiger partial charge is 0.305 e. The SMILES string of the molecule is CCC(CC)C(=O)N(CCC(=O)O)CCN1CCOCC1. The fraction of sp³-hybridized carbons (Fsp3) is 0.867. The molecule has 1 N–H and O–H groups in total. The summed E-state index contributed by atoms with van der Waals surface area (Å²) in [6.07, 6.45) is 1.61. The lowest BCUT2D eigenvalue weighted by Gasteiger charge is -2.31. The second-order valence-electron chi connectivity index (χ2n) is 5.44. The number of carbonyl (C=O) groups is 2. The van der Waals surface area contributed by atoms with Crippen LogP contribution >= 0.6 is 0 Å². The number of aliphatic carboxylic acids is 1. The molecular formula is C15H28N2O4. The highest BCUT2D eigenvalue weighted by molar-refractivity contribution is 5.79. The molecule has 0 unspecified atom stereocenters. The molecule has 1 heterocycles. The van der Waals surface area contributed by atoms with Gasteiger partial charge in [-0.3, -0.25) is 14.5 Å². The fourth-order valence-electron chi connectivity index (χ4n) is 2.55. The third kappa shape index (κ3) is 6.44. The van der Waals surface area contributed by atoms with Crippen molar-refractivity contribution in [3.8, 4) is 0 Å². The first-order valence-electron chi connectivity index (χ1n) is 7.89. The van der Waals surface area contributed by atoms with Gasteiger partial charge in [-0.1, -0.05) is 13.8 Å². The van der Waals surface area contributed by atoms with E-state index in [0.29, 0.717) is 13.1 Å². The highest BCUT2D eigenvalue weighted by Gasteiger charge is 2.22. The Kier molecular flexibility index (Phi) is 8.30. The van der Waals surface area contributed by atoms with Crippen molar-refractivity contribution < 1.29 is 19.4 Å². The van der Waals surface area contributed by atoms with E-state index in [2.05, 4.69) is 4.90 Å². The molecule has 1 saturated heterocycles. The van der Waals surface area contributed by atoms with Gasteiger partial charge in [0.15, 0.2) is 0 Å². The van der Waals surface area contributed by atoms with E-state index in [1.165, 1.54) is 0 Å². The Bertz CT molecular complexity index is 326. The van der Waals surface area contributed by atoms with Crippen LogP contribution in [0.15, 0.2) is 0 Å². The van der Waals surface area contributed by atoms with Gasteiger partial charge >= 0.3 is 5.97 Å². The zero-order valence-electron chi connectivity index (χ0n) is 13.2. The van der Waals surface area contributed by atoms with Crippen LogP contribution in [0, 0.1) is 5.92 Å². The summed E-state index contributed by atoms with van der Waals surface area (Å²) in [4.78, 5) is 27.2. The third-order valence-corrected chi connectivity index (χ3v) is 4.03. The molecule has 0 aromatic heterocycles. The third-order valence-electron chi connectivity index (χ3n) is 4.03. The first kappa shape index (κ1) is 17.9. The number of nitrogens with zero attached hydrogens (tertiary/aromatic N) is 2. The number of carboxylic acids is 1. The topological polar surface area (TPSA) is 70.1 Å². The number of hydrogen-bond donors (Lipinski definition) is 1. The van der Waals surface area contributed by atoms with Crippen molar-refractivity contribution in [2.45, 2.75) is 33.1 Å². The molecule has 0 atom stereocenters. The first-order chi connectivity index (χ1) is 10.1. The van der Waals surface area contributed by atoms with E-state index in [4.69, 9.17) is 9.84 Å². The van der Waals surface area contributed by atoms with Gasteiger partial charge in [0.05, 0.1) is 19.6 Å². The average Bonchev–Trinajstić information content (AvgIpc) is 2.49. The number of carboxylic acid groups (broad SMARTS) is 1. The summed E-state index contributed by atoms with van der Waals surface area (Å²) in [5.41, 5.74) is 0. The van der Waals surface area contributed by atoms with Crippen molar-refractivity contribution in [3.05, 3.63) is 0 Å². The Morgan fingerprint density at radius 3 is 2.33 bits per heavy atom. The number of carbonyl (C=O) groups excluding carboxylic acids is 1. The molecule has 1 amide bonds. The maximum atomic E-state index is 12.5. The lowest BCUT2D eigenvalue weighted by Crippen LogP contribution is -2.45. The molecule has 0 bridgehead atoms. The summed E-state index contributed by atoms with van der Waals surface area (Å²) in [5.74, 6) is -0.762. The van der Waals surface area contributed by atoms with Gasteiger partial charge in [0.25, 0.3) is 0 Å². The van der Waals surface area contributed by atoms with Gasteiger partial charge in [0, 0.05) is 38.6 Å². The summed E-state index contributed by atoms with van der Waals surface area (Å²) in [5, 5.41) is 8.85. The van der Waals surface area contributed by atoms with Crippen molar-refractivity contribution >= 4 is 11.9 Å². The Morgan fingerprint density at radius 2 is 1.81 bits per heavy atom. The van der Waals surface area contributed by atoms with Crippen molar-refractivity contribution in [1.29, 1.82) is 0 Å².